The Hall–Kier alpha value is -10.6. The number of aromatic nitrogens is 2. The number of esters is 4. The minimum atomic E-state index is -1.91. The van der Waals surface area contributed by atoms with E-state index >= 15 is 9.59 Å². The number of aromatic hydroxyl groups is 2. The number of hydrogen-bond donors (Lipinski definition) is 6. The van der Waals surface area contributed by atoms with Crippen LogP contribution in [0.25, 0.3) is 21.8 Å². The van der Waals surface area contributed by atoms with Crippen LogP contribution >= 0.6 is 0 Å². The summed E-state index contributed by atoms with van der Waals surface area (Å²) >= 11 is 0. The average Bonchev–Trinajstić information content (AvgIpc) is 0.813. The molecule has 2 aromatic heterocycles. The Balaban J connectivity index is 1.24. The largest absolute Gasteiger partial charge is 0.505 e. The van der Waals surface area contributed by atoms with Crippen LogP contribution in [0.2, 0.25) is 0 Å². The van der Waals surface area contributed by atoms with Gasteiger partial charge < -0.3 is 79.8 Å². The number of carbonyl (C=O) groups excluding carboxylic acids is 14. The molecule has 516 valence electrons. The smallest absolute Gasteiger partial charge is 0.329 e. The average molecular weight is 1340 g/mol. The molecule has 8 atom stereocenters. The molecule has 32 heteroatoms. The van der Waals surface area contributed by atoms with Gasteiger partial charge in [0.2, 0.25) is 47.3 Å². The van der Waals surface area contributed by atoms with Crippen molar-refractivity contribution in [2.45, 2.75) is 116 Å². The standard InChI is InChI=1S/C64H80N12O20/c1-33(2)53-63(91)93-31-41(69-57(85)51-43(79)25-37-17-11-13-19-39(37)67-51)61(89)75-23-15-21-45(95-35(5)77)55(75)59(87)66-28-48(82)72(8)30-50(84)74(10)54(34(3)4)64(92)94-32-42(70-58(86)52-44(80)26-38-18-12-14-20-40(38)68-52)62(90)76-24-16-22-46(96-36(6)78)56(76)60(88)65-27-47(81)71(7)29-49(83)73(53)9/h11-14,17-20,25-26,33-34,41-42,45-46,53-56,79-80H,15-16,21-24,27-32H2,1-10H3,(H,65,88)(H,66,87)(H,69,85)(H,70,86)/t41-,42-,45+,46+,53+,54+,55+,56+/m1/s1. The summed E-state index contributed by atoms with van der Waals surface area (Å²) in [6.07, 6.45) is -2.49. The van der Waals surface area contributed by atoms with Crippen molar-refractivity contribution in [2.75, 3.05) is 80.7 Å². The molecule has 10 amide bonds. The van der Waals surface area contributed by atoms with Gasteiger partial charge in [-0.3, -0.25) is 57.5 Å². The summed E-state index contributed by atoms with van der Waals surface area (Å²) < 4.78 is 22.6. The van der Waals surface area contributed by atoms with E-state index in [9.17, 15) is 67.7 Å². The van der Waals surface area contributed by atoms with Gasteiger partial charge in [-0.1, -0.05) is 64.1 Å². The van der Waals surface area contributed by atoms with E-state index < -0.39 is 206 Å². The van der Waals surface area contributed by atoms with E-state index in [2.05, 4.69) is 31.2 Å². The van der Waals surface area contributed by atoms with Gasteiger partial charge in [0.15, 0.2) is 11.4 Å². The number of cyclic esters (lactones) is 2. The van der Waals surface area contributed by atoms with Crippen molar-refractivity contribution in [1.82, 2.24) is 60.6 Å². The minimum Gasteiger partial charge on any atom is -0.505 e. The van der Waals surface area contributed by atoms with E-state index in [1.807, 2.05) is 0 Å². The van der Waals surface area contributed by atoms with Crippen molar-refractivity contribution in [2.24, 2.45) is 11.8 Å². The van der Waals surface area contributed by atoms with Crippen molar-refractivity contribution in [1.29, 1.82) is 0 Å². The van der Waals surface area contributed by atoms with Crippen LogP contribution in [-0.4, -0.2) is 262 Å². The molecule has 5 heterocycles. The number of carbonyl (C=O) groups is 14. The Morgan fingerprint density at radius 1 is 0.552 bits per heavy atom. The number of nitrogens with one attached hydrogen (secondary N) is 4. The highest BCUT2D eigenvalue weighted by Gasteiger charge is 2.47. The maximum absolute atomic E-state index is 15.1. The molecule has 0 saturated carbocycles. The van der Waals surface area contributed by atoms with E-state index in [-0.39, 0.29) is 49.8 Å². The van der Waals surface area contributed by atoms with Gasteiger partial charge >= 0.3 is 23.9 Å². The predicted molar refractivity (Wildman–Crippen MR) is 336 cm³/mol. The fourth-order valence-electron chi connectivity index (χ4n) is 11.6. The first-order valence-corrected chi connectivity index (χ1v) is 31.0. The number of fused-ring (bicyclic) bond motifs is 4. The number of nitrogens with zero attached hydrogens (tertiary/aromatic N) is 8. The lowest BCUT2D eigenvalue weighted by Gasteiger charge is -2.41. The Morgan fingerprint density at radius 2 is 0.906 bits per heavy atom. The first kappa shape index (κ1) is 72.9. The number of rotatable bonds is 8. The second kappa shape index (κ2) is 32.0. The molecule has 4 aromatic rings. The van der Waals surface area contributed by atoms with Crippen LogP contribution in [0, 0.1) is 11.8 Å². The van der Waals surface area contributed by atoms with Crippen LogP contribution in [0.15, 0.2) is 60.7 Å². The Bertz CT molecular complexity index is 3460. The summed E-state index contributed by atoms with van der Waals surface area (Å²) in [5.41, 5.74) is -0.574. The molecule has 0 spiro atoms. The van der Waals surface area contributed by atoms with Crippen LogP contribution in [0.5, 0.6) is 11.5 Å². The summed E-state index contributed by atoms with van der Waals surface area (Å²) in [6, 6.07) is 5.26. The van der Waals surface area contributed by atoms with Crippen molar-refractivity contribution in [3.8, 4) is 11.5 Å². The molecule has 6 N–H and O–H groups in total. The van der Waals surface area contributed by atoms with Gasteiger partial charge in [0.25, 0.3) is 11.8 Å². The summed E-state index contributed by atoms with van der Waals surface area (Å²) in [6.45, 7) is 2.76. The number of para-hydroxylation sites is 2. The van der Waals surface area contributed by atoms with Gasteiger partial charge in [-0.25, -0.2) is 19.6 Å². The highest BCUT2D eigenvalue weighted by atomic mass is 16.6. The predicted octanol–water partition coefficient (Wildman–Crippen LogP) is -0.848. The molecule has 3 aliphatic rings. The first-order chi connectivity index (χ1) is 45.4. The molecular weight excluding hydrogens is 1260 g/mol. The summed E-state index contributed by atoms with van der Waals surface area (Å²) in [4.78, 5) is 212. The number of benzene rings is 2. The topological polar surface area (TPSA) is 410 Å². The zero-order chi connectivity index (χ0) is 70.6. The molecule has 0 aliphatic carbocycles. The van der Waals surface area contributed by atoms with E-state index in [0.717, 1.165) is 43.2 Å². The fourth-order valence-corrected chi connectivity index (χ4v) is 11.6. The van der Waals surface area contributed by atoms with Crippen molar-refractivity contribution in [3.05, 3.63) is 72.1 Å². The number of piperidine rings is 2. The van der Waals surface area contributed by atoms with Gasteiger partial charge in [-0.15, -0.1) is 0 Å². The molecule has 0 radical (unpaired) electrons. The zero-order valence-corrected chi connectivity index (χ0v) is 54.9. The zero-order valence-electron chi connectivity index (χ0n) is 54.9. The molecule has 0 unspecified atom stereocenters. The van der Waals surface area contributed by atoms with E-state index in [1.54, 1.807) is 76.2 Å². The number of amides is 10. The van der Waals surface area contributed by atoms with E-state index in [1.165, 1.54) is 40.3 Å². The van der Waals surface area contributed by atoms with Crippen molar-refractivity contribution >= 4 is 105 Å². The first-order valence-electron chi connectivity index (χ1n) is 31.0. The van der Waals surface area contributed by atoms with Crippen molar-refractivity contribution < 1.29 is 96.3 Å². The van der Waals surface area contributed by atoms with Crippen molar-refractivity contribution in [3.63, 3.8) is 0 Å². The lowest BCUT2D eigenvalue weighted by atomic mass is 9.96. The second-order valence-electron chi connectivity index (χ2n) is 24.3. The summed E-state index contributed by atoms with van der Waals surface area (Å²) in [5.74, 6) is -16.7. The van der Waals surface area contributed by atoms with Gasteiger partial charge in [0.1, 0.15) is 73.2 Å². The number of pyridine rings is 2. The van der Waals surface area contributed by atoms with Gasteiger partial charge in [-0.2, -0.15) is 0 Å². The number of ether oxygens (including phenoxy) is 4. The lowest BCUT2D eigenvalue weighted by molar-refractivity contribution is -0.165. The van der Waals surface area contributed by atoms with Crippen LogP contribution in [-0.2, 0) is 76.5 Å². The second-order valence-corrected chi connectivity index (χ2v) is 24.3. The summed E-state index contributed by atoms with van der Waals surface area (Å²) in [5, 5.41) is 32.7. The van der Waals surface area contributed by atoms with E-state index in [0.29, 0.717) is 10.8 Å². The monoisotopic (exact) mass is 1340 g/mol. The Kier molecular flexibility index (Phi) is 24.3. The van der Waals surface area contributed by atoms with Crippen LogP contribution < -0.4 is 21.3 Å². The van der Waals surface area contributed by atoms with Gasteiger partial charge in [0, 0.05) is 65.9 Å². The molecule has 96 heavy (non-hydrogen) atoms. The third-order valence-corrected chi connectivity index (χ3v) is 16.5. The fraction of sp³-hybridized carbons (Fsp3) is 0.500. The Morgan fingerprint density at radius 3 is 1.25 bits per heavy atom. The maximum Gasteiger partial charge on any atom is 0.329 e. The third-order valence-electron chi connectivity index (χ3n) is 16.5. The quantitative estimate of drug-likeness (QED) is 0.0924. The highest BCUT2D eigenvalue weighted by Crippen LogP contribution is 2.28. The molecule has 3 fully saturated rings. The molecule has 2 aromatic carbocycles. The lowest BCUT2D eigenvalue weighted by Crippen LogP contribution is -2.64. The molecule has 0 bridgehead atoms. The van der Waals surface area contributed by atoms with Gasteiger partial charge in [-0.05, 0) is 61.8 Å². The minimum absolute atomic E-state index is 0.0122. The molecular formula is C64H80N12O20. The Labute approximate surface area is 551 Å². The normalized spacial score (nSPS) is 23.5. The van der Waals surface area contributed by atoms with E-state index in [4.69, 9.17) is 18.9 Å². The van der Waals surface area contributed by atoms with Crippen LogP contribution in [0.3, 0.4) is 0 Å². The molecule has 3 saturated heterocycles. The SMILES string of the molecule is CC(=O)O[C@H]1CCCN2C(=O)[C@H](NC(=O)c3nc4ccccc4cc3O)COC(=O)[C@H](C(C)C)N(C)C(=O)CN(C)C(=O)CNC(=O)[C@@H]3[C@@H](OC(C)=O)CCCN3C(=O)[C@H](NC(=O)c3nc4ccccc4cc3O)COC(=O)[C@H](C(C)C)N(C)C(=O)CN(C)C(=O)CNC(=O)[C@H]12. The van der Waals surface area contributed by atoms with Crippen LogP contribution in [0.4, 0.5) is 0 Å². The molecule has 3 aliphatic heterocycles. The summed E-state index contributed by atoms with van der Waals surface area (Å²) in [7, 11) is 4.87. The molecule has 7 rings (SSSR count). The van der Waals surface area contributed by atoms with Crippen LogP contribution in [0.1, 0.15) is 88.2 Å². The maximum atomic E-state index is 15.1. The highest BCUT2D eigenvalue weighted by molar-refractivity contribution is 6.03. The third kappa shape index (κ3) is 17.6. The number of likely N-dealkylation sites (N-methyl/N-ethyl adjacent to an activating group) is 4. The number of hydrogen-bond acceptors (Lipinski definition) is 22. The van der Waals surface area contributed by atoms with Gasteiger partial charge in [0.05, 0.1) is 37.2 Å². The molecule has 32 nitrogen and oxygen atoms in total.